The molecule has 2 aromatic rings. The number of nitrogens with zero attached hydrogens (tertiary/aromatic N) is 1. The average molecular weight is 454 g/mol. The van der Waals surface area contributed by atoms with Crippen molar-refractivity contribution in [2.75, 3.05) is 27.3 Å². The van der Waals surface area contributed by atoms with Crippen LogP contribution in [0.15, 0.2) is 54.6 Å². The first-order chi connectivity index (χ1) is 16.0. The molecular weight excluding hydrogens is 418 g/mol. The molecule has 1 aliphatic rings. The molecule has 0 atom stereocenters. The van der Waals surface area contributed by atoms with E-state index in [-0.39, 0.29) is 18.4 Å². The van der Waals surface area contributed by atoms with Gasteiger partial charge in [-0.25, -0.2) is 0 Å². The lowest BCUT2D eigenvalue weighted by molar-refractivity contribution is -0.147. The molecule has 1 N–H and O–H groups in total. The zero-order valence-electron chi connectivity index (χ0n) is 19.7. The van der Waals surface area contributed by atoms with E-state index in [0.29, 0.717) is 38.8 Å². The van der Waals surface area contributed by atoms with E-state index in [1.807, 2.05) is 47.4 Å². The van der Waals surface area contributed by atoms with E-state index in [9.17, 15) is 9.59 Å². The predicted molar refractivity (Wildman–Crippen MR) is 128 cm³/mol. The number of carboxylic acid groups (broad SMARTS) is 1. The number of methoxy groups -OCH3 is 2. The third kappa shape index (κ3) is 6.35. The van der Waals surface area contributed by atoms with Crippen molar-refractivity contribution in [3.63, 3.8) is 0 Å². The van der Waals surface area contributed by atoms with Crippen LogP contribution in [0, 0.1) is 0 Å². The molecule has 33 heavy (non-hydrogen) atoms. The van der Waals surface area contributed by atoms with E-state index in [4.69, 9.17) is 14.6 Å². The fourth-order valence-corrected chi connectivity index (χ4v) is 4.64. The monoisotopic (exact) mass is 453 g/mol. The molecule has 0 aliphatic heterocycles. The number of rotatable bonds is 13. The average Bonchev–Trinajstić information content (AvgIpc) is 2.81. The third-order valence-electron chi connectivity index (χ3n) is 6.63. The molecule has 1 amide bonds. The summed E-state index contributed by atoms with van der Waals surface area (Å²) in [5, 5.41) is 8.97. The number of aliphatic carboxylic acids is 1. The number of unbranched alkanes of at least 4 members (excludes halogenated alkanes) is 1. The molecule has 0 aromatic heterocycles. The highest BCUT2D eigenvalue weighted by Gasteiger charge is 2.53. The maximum absolute atomic E-state index is 14.0. The number of aryl methyl sites for hydroxylation is 1. The summed E-state index contributed by atoms with van der Waals surface area (Å²) in [6, 6.07) is 18.0. The van der Waals surface area contributed by atoms with Gasteiger partial charge in [0.25, 0.3) is 0 Å². The van der Waals surface area contributed by atoms with Gasteiger partial charge in [-0.15, -0.1) is 0 Å². The predicted octanol–water partition coefficient (Wildman–Crippen LogP) is 4.46. The number of benzene rings is 2. The van der Waals surface area contributed by atoms with Gasteiger partial charge in [0, 0.05) is 26.6 Å². The van der Waals surface area contributed by atoms with Crippen LogP contribution in [0.3, 0.4) is 0 Å². The van der Waals surface area contributed by atoms with Crippen LogP contribution >= 0.6 is 0 Å². The fourth-order valence-electron chi connectivity index (χ4n) is 4.64. The van der Waals surface area contributed by atoms with Crippen molar-refractivity contribution in [3.05, 3.63) is 65.7 Å². The molecule has 0 unspecified atom stereocenters. The molecule has 0 spiro atoms. The van der Waals surface area contributed by atoms with Gasteiger partial charge < -0.3 is 19.5 Å². The zero-order chi connectivity index (χ0) is 23.7. The van der Waals surface area contributed by atoms with Crippen LogP contribution in [-0.4, -0.2) is 55.3 Å². The van der Waals surface area contributed by atoms with Crippen molar-refractivity contribution in [1.29, 1.82) is 0 Å². The summed E-state index contributed by atoms with van der Waals surface area (Å²) in [6.45, 7) is 1.22. The summed E-state index contributed by atoms with van der Waals surface area (Å²) in [4.78, 5) is 26.8. The largest absolute Gasteiger partial charge is 0.497 e. The van der Waals surface area contributed by atoms with Crippen LogP contribution in [0.4, 0.5) is 0 Å². The lowest BCUT2D eigenvalue weighted by atomic mass is 9.61. The summed E-state index contributed by atoms with van der Waals surface area (Å²) in [5.74, 6) is 0.0790. The topological polar surface area (TPSA) is 76.1 Å². The van der Waals surface area contributed by atoms with Crippen molar-refractivity contribution in [3.8, 4) is 5.75 Å². The van der Waals surface area contributed by atoms with Crippen LogP contribution < -0.4 is 4.74 Å². The molecule has 1 aliphatic carbocycles. The van der Waals surface area contributed by atoms with E-state index in [2.05, 4.69) is 12.1 Å². The minimum atomic E-state index is -0.798. The quantitative estimate of drug-likeness (QED) is 0.453. The van der Waals surface area contributed by atoms with Gasteiger partial charge in [-0.3, -0.25) is 9.59 Å². The molecule has 0 radical (unpaired) electrons. The minimum Gasteiger partial charge on any atom is -0.497 e. The van der Waals surface area contributed by atoms with Gasteiger partial charge in [0.15, 0.2) is 0 Å². The van der Waals surface area contributed by atoms with Gasteiger partial charge in [0.05, 0.1) is 18.6 Å². The van der Waals surface area contributed by atoms with E-state index in [1.54, 1.807) is 14.2 Å². The number of ether oxygens (including phenoxy) is 2. The van der Waals surface area contributed by atoms with Gasteiger partial charge in [0.2, 0.25) is 5.91 Å². The SMILES string of the molecule is COc1ccc(C2(C(=O)N(CCCCC(=O)O)CCCc3ccccc3)CC(OC)C2)cc1. The number of carbonyl (C=O) groups excluding carboxylic acids is 1. The summed E-state index contributed by atoms with van der Waals surface area (Å²) in [6.07, 6.45) is 4.49. The number of carboxylic acids is 1. The van der Waals surface area contributed by atoms with E-state index >= 15 is 0 Å². The van der Waals surface area contributed by atoms with E-state index < -0.39 is 11.4 Å². The van der Waals surface area contributed by atoms with Crippen molar-refractivity contribution in [2.24, 2.45) is 0 Å². The summed E-state index contributed by atoms with van der Waals surface area (Å²) < 4.78 is 10.8. The number of carbonyl (C=O) groups is 2. The molecule has 1 fully saturated rings. The Morgan fingerprint density at radius 1 is 0.970 bits per heavy atom. The normalized spacial score (nSPS) is 19.5. The van der Waals surface area contributed by atoms with Gasteiger partial charge in [0.1, 0.15) is 5.75 Å². The Hall–Kier alpha value is -2.86. The second-order valence-electron chi connectivity index (χ2n) is 8.81. The highest BCUT2D eigenvalue weighted by molar-refractivity contribution is 5.89. The Bertz CT molecular complexity index is 890. The maximum atomic E-state index is 14.0. The Balaban J connectivity index is 1.75. The van der Waals surface area contributed by atoms with Gasteiger partial charge >= 0.3 is 5.97 Å². The third-order valence-corrected chi connectivity index (χ3v) is 6.63. The molecule has 6 heteroatoms. The fraction of sp³-hybridized carbons (Fsp3) is 0.481. The smallest absolute Gasteiger partial charge is 0.303 e. The maximum Gasteiger partial charge on any atom is 0.303 e. The van der Waals surface area contributed by atoms with Crippen molar-refractivity contribution < 1.29 is 24.2 Å². The Labute approximate surface area is 196 Å². The molecular formula is C27H35NO5. The van der Waals surface area contributed by atoms with Crippen LogP contribution in [0.1, 0.15) is 49.7 Å². The lowest BCUT2D eigenvalue weighted by Crippen LogP contribution is -2.57. The van der Waals surface area contributed by atoms with Crippen molar-refractivity contribution in [1.82, 2.24) is 4.90 Å². The van der Waals surface area contributed by atoms with Crippen LogP contribution in [0.2, 0.25) is 0 Å². The lowest BCUT2D eigenvalue weighted by Gasteiger charge is -2.48. The van der Waals surface area contributed by atoms with Crippen LogP contribution in [0.5, 0.6) is 5.75 Å². The van der Waals surface area contributed by atoms with Crippen molar-refractivity contribution >= 4 is 11.9 Å². The zero-order valence-corrected chi connectivity index (χ0v) is 19.7. The second kappa shape index (κ2) is 11.8. The first-order valence-corrected chi connectivity index (χ1v) is 11.7. The first kappa shape index (κ1) is 24.8. The molecule has 0 bridgehead atoms. The number of amides is 1. The Morgan fingerprint density at radius 2 is 1.64 bits per heavy atom. The van der Waals surface area contributed by atoms with Gasteiger partial charge in [-0.05, 0) is 61.8 Å². The highest BCUT2D eigenvalue weighted by atomic mass is 16.5. The summed E-state index contributed by atoms with van der Waals surface area (Å²) >= 11 is 0. The van der Waals surface area contributed by atoms with E-state index in [1.165, 1.54) is 5.56 Å². The number of hydrogen-bond acceptors (Lipinski definition) is 4. The highest BCUT2D eigenvalue weighted by Crippen LogP contribution is 2.47. The van der Waals surface area contributed by atoms with Crippen molar-refractivity contribution in [2.45, 2.75) is 56.5 Å². The number of hydrogen-bond donors (Lipinski definition) is 1. The molecule has 1 saturated carbocycles. The van der Waals surface area contributed by atoms with Gasteiger partial charge in [-0.1, -0.05) is 42.5 Å². The summed E-state index contributed by atoms with van der Waals surface area (Å²) in [7, 11) is 3.32. The molecule has 0 saturated heterocycles. The summed E-state index contributed by atoms with van der Waals surface area (Å²) in [5.41, 5.74) is 1.64. The van der Waals surface area contributed by atoms with Crippen LogP contribution in [-0.2, 0) is 26.2 Å². The molecule has 6 nitrogen and oxygen atoms in total. The van der Waals surface area contributed by atoms with Gasteiger partial charge in [-0.2, -0.15) is 0 Å². The molecule has 3 rings (SSSR count). The second-order valence-corrected chi connectivity index (χ2v) is 8.81. The Kier molecular flexibility index (Phi) is 8.89. The molecule has 2 aromatic carbocycles. The van der Waals surface area contributed by atoms with E-state index in [0.717, 1.165) is 24.2 Å². The molecule has 178 valence electrons. The Morgan fingerprint density at radius 3 is 2.24 bits per heavy atom. The first-order valence-electron chi connectivity index (χ1n) is 11.7. The van der Waals surface area contributed by atoms with Crippen LogP contribution in [0.25, 0.3) is 0 Å². The molecule has 0 heterocycles. The minimum absolute atomic E-state index is 0.0641. The standard InChI is InChI=1S/C27H35NO5/c1-32-23-15-13-22(14-16-23)27(19-24(20-27)33-2)26(31)28(17-7-6-12-25(29)30)18-8-11-21-9-4-3-5-10-21/h3-5,9-10,13-16,24H,6-8,11-12,17-20H2,1-2H3,(H,29,30).